The number of amides is 1. The molecule has 120 valence electrons. The maximum Gasteiger partial charge on any atom is 0.262 e. The number of carboxylic acid groups (broad SMARTS) is 1. The summed E-state index contributed by atoms with van der Waals surface area (Å²) in [6.07, 6.45) is -0.160. The van der Waals surface area contributed by atoms with Crippen LogP contribution in [0.15, 0.2) is 48.5 Å². The number of anilines is 1. The van der Waals surface area contributed by atoms with Gasteiger partial charge >= 0.3 is 0 Å². The number of benzene rings is 2. The maximum atomic E-state index is 11.8. The van der Waals surface area contributed by atoms with Crippen LogP contribution in [0.1, 0.15) is 5.56 Å². The fourth-order valence-corrected chi connectivity index (χ4v) is 1.91. The number of methoxy groups -OCH3 is 1. The standard InChI is InChI=1S/C17H17NO5/c1-22-14-3-2-4-15(10-14)23-11-16(19)18-13-7-5-12(6-8-13)9-17(20)21/h2-8,10H,9,11H2,1H3,(H,18,19)(H,20,21)/p-1. The van der Waals surface area contributed by atoms with Crippen molar-refractivity contribution in [3.8, 4) is 11.5 Å². The van der Waals surface area contributed by atoms with Gasteiger partial charge in [0.2, 0.25) is 0 Å². The first kappa shape index (κ1) is 16.4. The molecule has 6 heteroatoms. The first-order valence-electron chi connectivity index (χ1n) is 6.92. The van der Waals surface area contributed by atoms with Gasteiger partial charge in [-0.15, -0.1) is 0 Å². The fraction of sp³-hybridized carbons (Fsp3) is 0.176. The lowest BCUT2D eigenvalue weighted by atomic mass is 10.1. The normalized spacial score (nSPS) is 9.96. The second kappa shape index (κ2) is 7.84. The Morgan fingerprint density at radius 1 is 1.09 bits per heavy atom. The number of carbonyl (C=O) groups is 2. The highest BCUT2D eigenvalue weighted by atomic mass is 16.5. The molecule has 0 aromatic heterocycles. The highest BCUT2D eigenvalue weighted by Crippen LogP contribution is 2.18. The molecule has 23 heavy (non-hydrogen) atoms. The van der Waals surface area contributed by atoms with E-state index in [2.05, 4.69) is 5.32 Å². The van der Waals surface area contributed by atoms with Gasteiger partial charge in [-0.3, -0.25) is 4.79 Å². The lowest BCUT2D eigenvalue weighted by molar-refractivity contribution is -0.304. The Morgan fingerprint density at radius 2 is 1.78 bits per heavy atom. The molecule has 1 amide bonds. The summed E-state index contributed by atoms with van der Waals surface area (Å²) in [5.41, 5.74) is 1.17. The van der Waals surface area contributed by atoms with E-state index in [4.69, 9.17) is 9.47 Å². The van der Waals surface area contributed by atoms with Crippen LogP contribution in [0.25, 0.3) is 0 Å². The fourth-order valence-electron chi connectivity index (χ4n) is 1.91. The Labute approximate surface area is 133 Å². The summed E-state index contributed by atoms with van der Waals surface area (Å²) in [5, 5.41) is 13.2. The van der Waals surface area contributed by atoms with Crippen LogP contribution in [0.5, 0.6) is 11.5 Å². The Balaban J connectivity index is 1.85. The number of carboxylic acids is 1. The van der Waals surface area contributed by atoms with Gasteiger partial charge in [-0.2, -0.15) is 0 Å². The van der Waals surface area contributed by atoms with Crippen molar-refractivity contribution in [3.63, 3.8) is 0 Å². The minimum absolute atomic E-state index is 0.145. The molecule has 0 aliphatic heterocycles. The molecule has 0 atom stereocenters. The van der Waals surface area contributed by atoms with Crippen LogP contribution < -0.4 is 19.9 Å². The van der Waals surface area contributed by atoms with Crippen molar-refractivity contribution in [1.82, 2.24) is 0 Å². The van der Waals surface area contributed by atoms with Gasteiger partial charge in [0.1, 0.15) is 11.5 Å². The molecule has 0 saturated heterocycles. The van der Waals surface area contributed by atoms with Gasteiger partial charge in [-0.05, 0) is 29.8 Å². The average molecular weight is 314 g/mol. The van der Waals surface area contributed by atoms with Crippen molar-refractivity contribution in [2.75, 3.05) is 19.0 Å². The first-order chi connectivity index (χ1) is 11.1. The molecule has 0 unspecified atom stereocenters. The van der Waals surface area contributed by atoms with Crippen LogP contribution in [0.4, 0.5) is 5.69 Å². The SMILES string of the molecule is COc1cccc(OCC(=O)Nc2ccc(CC(=O)[O-])cc2)c1. The van der Waals surface area contributed by atoms with Crippen molar-refractivity contribution in [2.45, 2.75) is 6.42 Å². The van der Waals surface area contributed by atoms with Gasteiger partial charge in [-0.25, -0.2) is 0 Å². The van der Waals surface area contributed by atoms with Crippen molar-refractivity contribution in [2.24, 2.45) is 0 Å². The van der Waals surface area contributed by atoms with Gasteiger partial charge < -0.3 is 24.7 Å². The average Bonchev–Trinajstić information content (AvgIpc) is 2.54. The molecular weight excluding hydrogens is 298 g/mol. The summed E-state index contributed by atoms with van der Waals surface area (Å²) in [7, 11) is 1.55. The molecular formula is C17H16NO5-. The molecule has 0 saturated carbocycles. The summed E-state index contributed by atoms with van der Waals surface area (Å²) >= 11 is 0. The number of hydrogen-bond donors (Lipinski definition) is 1. The van der Waals surface area contributed by atoms with Crippen LogP contribution in [0.2, 0.25) is 0 Å². The lowest BCUT2D eigenvalue weighted by Gasteiger charge is -2.09. The van der Waals surface area contributed by atoms with Gasteiger partial charge in [0, 0.05) is 24.1 Å². The number of aliphatic carboxylic acids is 1. The number of ether oxygens (including phenoxy) is 2. The highest BCUT2D eigenvalue weighted by molar-refractivity contribution is 5.91. The van der Waals surface area contributed by atoms with Crippen molar-refractivity contribution in [3.05, 3.63) is 54.1 Å². The van der Waals surface area contributed by atoms with E-state index in [9.17, 15) is 14.7 Å². The van der Waals surface area contributed by atoms with E-state index in [0.717, 1.165) is 0 Å². The quantitative estimate of drug-likeness (QED) is 0.824. The number of nitrogens with one attached hydrogen (secondary N) is 1. The van der Waals surface area contributed by atoms with Gasteiger partial charge in [0.25, 0.3) is 5.91 Å². The third-order valence-corrected chi connectivity index (χ3v) is 3.00. The molecule has 0 radical (unpaired) electrons. The zero-order valence-corrected chi connectivity index (χ0v) is 12.6. The van der Waals surface area contributed by atoms with Crippen LogP contribution in [-0.2, 0) is 16.0 Å². The molecule has 0 bridgehead atoms. The van der Waals surface area contributed by atoms with E-state index in [-0.39, 0.29) is 18.9 Å². The number of hydrogen-bond acceptors (Lipinski definition) is 5. The molecule has 0 heterocycles. The molecule has 1 N–H and O–H groups in total. The minimum atomic E-state index is -1.14. The molecule has 0 aliphatic carbocycles. The summed E-state index contributed by atoms with van der Waals surface area (Å²) < 4.78 is 10.4. The van der Waals surface area contributed by atoms with Gasteiger partial charge in [0.15, 0.2) is 6.61 Å². The molecule has 2 rings (SSSR count). The molecule has 6 nitrogen and oxygen atoms in total. The Bertz CT molecular complexity index is 682. The second-order valence-corrected chi connectivity index (χ2v) is 4.76. The first-order valence-corrected chi connectivity index (χ1v) is 6.92. The predicted molar refractivity (Wildman–Crippen MR) is 82.3 cm³/mol. The maximum absolute atomic E-state index is 11.8. The topological polar surface area (TPSA) is 87.7 Å². The summed E-state index contributed by atoms with van der Waals surface area (Å²) in [5.74, 6) is -0.288. The van der Waals surface area contributed by atoms with E-state index in [1.807, 2.05) is 0 Å². The van der Waals surface area contributed by atoms with E-state index in [0.29, 0.717) is 22.7 Å². The molecule has 2 aromatic carbocycles. The molecule has 0 aliphatic rings. The van der Waals surface area contributed by atoms with Crippen LogP contribution >= 0.6 is 0 Å². The monoisotopic (exact) mass is 314 g/mol. The second-order valence-electron chi connectivity index (χ2n) is 4.76. The van der Waals surface area contributed by atoms with Crippen LogP contribution in [0.3, 0.4) is 0 Å². The Kier molecular flexibility index (Phi) is 5.57. The van der Waals surface area contributed by atoms with Crippen molar-refractivity contribution < 1.29 is 24.2 Å². The van der Waals surface area contributed by atoms with E-state index in [1.54, 1.807) is 55.6 Å². The zero-order chi connectivity index (χ0) is 16.7. The summed E-state index contributed by atoms with van der Waals surface area (Å²) in [6.45, 7) is -0.145. The zero-order valence-electron chi connectivity index (χ0n) is 12.6. The lowest BCUT2D eigenvalue weighted by Crippen LogP contribution is -2.24. The van der Waals surface area contributed by atoms with Gasteiger partial charge in [0.05, 0.1) is 7.11 Å². The molecule has 2 aromatic rings. The molecule has 0 fully saturated rings. The van der Waals surface area contributed by atoms with E-state index >= 15 is 0 Å². The van der Waals surface area contributed by atoms with Crippen LogP contribution in [0, 0.1) is 0 Å². The molecule has 0 spiro atoms. The van der Waals surface area contributed by atoms with E-state index in [1.165, 1.54) is 0 Å². The highest BCUT2D eigenvalue weighted by Gasteiger charge is 2.05. The largest absolute Gasteiger partial charge is 0.550 e. The summed E-state index contributed by atoms with van der Waals surface area (Å²) in [4.78, 5) is 22.3. The predicted octanol–water partition coefficient (Wildman–Crippen LogP) is 1.01. The Morgan fingerprint density at radius 3 is 2.43 bits per heavy atom. The third-order valence-electron chi connectivity index (χ3n) is 3.00. The summed E-state index contributed by atoms with van der Waals surface area (Å²) in [6, 6.07) is 13.4. The van der Waals surface area contributed by atoms with Crippen LogP contribution in [-0.4, -0.2) is 25.6 Å². The van der Waals surface area contributed by atoms with Gasteiger partial charge in [-0.1, -0.05) is 18.2 Å². The minimum Gasteiger partial charge on any atom is -0.550 e. The smallest absolute Gasteiger partial charge is 0.262 e. The number of rotatable bonds is 7. The number of carbonyl (C=O) groups excluding carboxylic acids is 2. The van der Waals surface area contributed by atoms with E-state index < -0.39 is 5.97 Å². The van der Waals surface area contributed by atoms with Crippen molar-refractivity contribution >= 4 is 17.6 Å². The van der Waals surface area contributed by atoms with Crippen molar-refractivity contribution in [1.29, 1.82) is 0 Å². The third kappa shape index (κ3) is 5.35. The Hall–Kier alpha value is -3.02.